The number of aryl methyl sites for hydroxylation is 1. The molecule has 0 saturated heterocycles. The van der Waals surface area contributed by atoms with Gasteiger partial charge in [-0.25, -0.2) is 4.98 Å². The number of carbonyl (C=O) groups is 1. The highest BCUT2D eigenvalue weighted by molar-refractivity contribution is 6.29. The summed E-state index contributed by atoms with van der Waals surface area (Å²) in [6.45, 7) is 0. The third-order valence-corrected chi connectivity index (χ3v) is 5.15. The minimum absolute atomic E-state index is 0.223. The first-order valence-electron chi connectivity index (χ1n) is 9.95. The Morgan fingerprint density at radius 1 is 1.06 bits per heavy atom. The van der Waals surface area contributed by atoms with Crippen molar-refractivity contribution in [2.45, 2.75) is 31.1 Å². The summed E-state index contributed by atoms with van der Waals surface area (Å²) in [4.78, 5) is 20.5. The number of hydrogen-bond acceptors (Lipinski definition) is 4. The first-order chi connectivity index (χ1) is 15.3. The fraction of sp³-hybridized carbons (Fsp3) is 0.261. The van der Waals surface area contributed by atoms with Crippen LogP contribution in [0, 0.1) is 0 Å². The van der Waals surface area contributed by atoms with E-state index < -0.39 is 24.0 Å². The predicted octanol–water partition coefficient (Wildman–Crippen LogP) is 4.90. The Hall–Kier alpha value is -2.97. The van der Waals surface area contributed by atoms with Gasteiger partial charge in [-0.3, -0.25) is 15.1 Å². The molecule has 0 bridgehead atoms. The van der Waals surface area contributed by atoms with Crippen molar-refractivity contribution in [3.05, 3.63) is 94.5 Å². The molecular formula is C23H22ClF3N4O. The number of hydrogen-bond donors (Lipinski definition) is 2. The van der Waals surface area contributed by atoms with E-state index in [1.165, 1.54) is 12.3 Å². The minimum Gasteiger partial charge on any atom is -0.358 e. The molecule has 0 aliphatic rings. The highest BCUT2D eigenvalue weighted by Gasteiger charge is 2.32. The number of rotatable bonds is 8. The summed E-state index contributed by atoms with van der Waals surface area (Å²) in [5.74, 6) is -0.223. The van der Waals surface area contributed by atoms with Gasteiger partial charge in [0.1, 0.15) is 16.9 Å². The standard InChI is InChI=1S/C23H22ClF3N4O/c1-28-22(32)21(16-6-3-2-4-7-16)31-18(17-8-5-9-20(24)30-17)12-10-15-11-13-19(29-14-15)23(25,26)27/h2-9,11,13-14,18,21,31H,10,12H2,1H3,(H,28,32)/t18-,21?/m0/s1. The maximum Gasteiger partial charge on any atom is 0.433 e. The van der Waals surface area contributed by atoms with Crippen molar-refractivity contribution in [1.82, 2.24) is 20.6 Å². The van der Waals surface area contributed by atoms with Crippen molar-refractivity contribution in [2.24, 2.45) is 0 Å². The second kappa shape index (κ2) is 10.6. The van der Waals surface area contributed by atoms with Crippen LogP contribution in [0.3, 0.4) is 0 Å². The quantitative estimate of drug-likeness (QED) is 0.467. The van der Waals surface area contributed by atoms with Crippen molar-refractivity contribution in [3.63, 3.8) is 0 Å². The molecule has 168 valence electrons. The van der Waals surface area contributed by atoms with Gasteiger partial charge in [0.2, 0.25) is 5.91 Å². The fourth-order valence-electron chi connectivity index (χ4n) is 3.30. The average Bonchev–Trinajstić information content (AvgIpc) is 2.79. The fourth-order valence-corrected chi connectivity index (χ4v) is 3.47. The van der Waals surface area contributed by atoms with Gasteiger partial charge in [0.05, 0.1) is 11.7 Å². The van der Waals surface area contributed by atoms with Crippen LogP contribution < -0.4 is 10.6 Å². The molecule has 2 N–H and O–H groups in total. The Kier molecular flexibility index (Phi) is 7.82. The number of benzene rings is 1. The van der Waals surface area contributed by atoms with E-state index in [0.717, 1.165) is 11.6 Å². The predicted molar refractivity (Wildman–Crippen MR) is 116 cm³/mol. The summed E-state index contributed by atoms with van der Waals surface area (Å²) < 4.78 is 38.3. The van der Waals surface area contributed by atoms with Crippen LogP contribution in [-0.2, 0) is 17.4 Å². The minimum atomic E-state index is -4.48. The van der Waals surface area contributed by atoms with Crippen molar-refractivity contribution in [2.75, 3.05) is 7.05 Å². The summed E-state index contributed by atoms with van der Waals surface area (Å²) >= 11 is 6.07. The average molecular weight is 463 g/mol. The molecule has 0 aliphatic heterocycles. The highest BCUT2D eigenvalue weighted by Crippen LogP contribution is 2.28. The lowest BCUT2D eigenvalue weighted by Gasteiger charge is -2.25. The summed E-state index contributed by atoms with van der Waals surface area (Å²) in [6.07, 6.45) is -2.38. The van der Waals surface area contributed by atoms with Gasteiger partial charge in [-0.1, -0.05) is 54.1 Å². The Bertz CT molecular complexity index is 1030. The van der Waals surface area contributed by atoms with Crippen LogP contribution in [0.2, 0.25) is 5.15 Å². The van der Waals surface area contributed by atoms with Gasteiger partial charge in [0, 0.05) is 13.2 Å². The monoisotopic (exact) mass is 462 g/mol. The second-order valence-electron chi connectivity index (χ2n) is 7.15. The van der Waals surface area contributed by atoms with Gasteiger partial charge in [0.15, 0.2) is 0 Å². The van der Waals surface area contributed by atoms with Crippen LogP contribution in [0.1, 0.15) is 41.0 Å². The lowest BCUT2D eigenvalue weighted by atomic mass is 9.99. The number of amides is 1. The summed E-state index contributed by atoms with van der Waals surface area (Å²) in [6, 6.07) is 15.8. The molecule has 1 aromatic carbocycles. The molecule has 0 aliphatic carbocycles. The lowest BCUT2D eigenvalue weighted by molar-refractivity contribution is -0.141. The molecular weight excluding hydrogens is 441 g/mol. The van der Waals surface area contributed by atoms with Crippen molar-refractivity contribution in [3.8, 4) is 0 Å². The molecule has 0 fully saturated rings. The summed E-state index contributed by atoms with van der Waals surface area (Å²) in [5.41, 5.74) is 1.11. The van der Waals surface area contributed by atoms with Crippen molar-refractivity contribution >= 4 is 17.5 Å². The maximum absolute atomic E-state index is 12.8. The largest absolute Gasteiger partial charge is 0.433 e. The zero-order chi connectivity index (χ0) is 23.1. The van der Waals surface area contributed by atoms with E-state index in [1.807, 2.05) is 30.3 Å². The molecule has 9 heteroatoms. The number of alkyl halides is 3. The molecule has 0 radical (unpaired) electrons. The zero-order valence-electron chi connectivity index (χ0n) is 17.2. The van der Waals surface area contributed by atoms with Gasteiger partial charge in [-0.05, 0) is 42.2 Å². The van der Waals surface area contributed by atoms with Crippen LogP contribution in [0.5, 0.6) is 0 Å². The first kappa shape index (κ1) is 23.7. The van der Waals surface area contributed by atoms with E-state index in [0.29, 0.717) is 29.3 Å². The number of pyridine rings is 2. The van der Waals surface area contributed by atoms with E-state index in [9.17, 15) is 18.0 Å². The number of carbonyl (C=O) groups excluding carboxylic acids is 1. The van der Waals surface area contributed by atoms with E-state index in [4.69, 9.17) is 11.6 Å². The topological polar surface area (TPSA) is 66.9 Å². The van der Waals surface area contributed by atoms with Gasteiger partial charge < -0.3 is 5.32 Å². The van der Waals surface area contributed by atoms with Crippen LogP contribution in [-0.4, -0.2) is 22.9 Å². The van der Waals surface area contributed by atoms with Crippen molar-refractivity contribution in [1.29, 1.82) is 0 Å². The van der Waals surface area contributed by atoms with Gasteiger partial charge in [-0.15, -0.1) is 0 Å². The number of aromatic nitrogens is 2. The lowest BCUT2D eigenvalue weighted by Crippen LogP contribution is -2.38. The molecule has 32 heavy (non-hydrogen) atoms. The Morgan fingerprint density at radius 2 is 1.81 bits per heavy atom. The van der Waals surface area contributed by atoms with Crippen LogP contribution >= 0.6 is 11.6 Å². The Morgan fingerprint density at radius 3 is 2.41 bits per heavy atom. The summed E-state index contributed by atoms with van der Waals surface area (Å²) in [7, 11) is 1.56. The van der Waals surface area contributed by atoms with Crippen LogP contribution in [0.25, 0.3) is 0 Å². The number of nitrogens with one attached hydrogen (secondary N) is 2. The zero-order valence-corrected chi connectivity index (χ0v) is 18.0. The van der Waals surface area contributed by atoms with E-state index in [1.54, 1.807) is 25.2 Å². The molecule has 2 atom stereocenters. The van der Waals surface area contributed by atoms with E-state index in [-0.39, 0.29) is 5.91 Å². The molecule has 1 amide bonds. The highest BCUT2D eigenvalue weighted by atomic mass is 35.5. The Balaban J connectivity index is 1.84. The van der Waals surface area contributed by atoms with Crippen LogP contribution in [0.4, 0.5) is 13.2 Å². The van der Waals surface area contributed by atoms with Gasteiger partial charge in [-0.2, -0.15) is 13.2 Å². The van der Waals surface area contributed by atoms with Gasteiger partial charge >= 0.3 is 6.18 Å². The number of halogens is 4. The molecule has 0 spiro atoms. The molecule has 2 heterocycles. The van der Waals surface area contributed by atoms with Crippen LogP contribution in [0.15, 0.2) is 66.9 Å². The Labute approximate surface area is 189 Å². The second-order valence-corrected chi connectivity index (χ2v) is 7.54. The molecule has 1 unspecified atom stereocenters. The molecule has 0 saturated carbocycles. The number of likely N-dealkylation sites (N-methyl/N-ethyl adjacent to an activating group) is 1. The molecule has 2 aromatic heterocycles. The molecule has 5 nitrogen and oxygen atoms in total. The van der Waals surface area contributed by atoms with E-state index >= 15 is 0 Å². The third kappa shape index (κ3) is 6.27. The van der Waals surface area contributed by atoms with Gasteiger partial charge in [0.25, 0.3) is 0 Å². The van der Waals surface area contributed by atoms with Crippen molar-refractivity contribution < 1.29 is 18.0 Å². The summed E-state index contributed by atoms with van der Waals surface area (Å²) in [5, 5.41) is 6.31. The normalized spacial score (nSPS) is 13.4. The first-order valence-corrected chi connectivity index (χ1v) is 10.3. The third-order valence-electron chi connectivity index (χ3n) is 4.94. The smallest absolute Gasteiger partial charge is 0.358 e. The maximum atomic E-state index is 12.8. The number of nitrogens with zero attached hydrogens (tertiary/aromatic N) is 2. The molecule has 3 aromatic rings. The SMILES string of the molecule is CNC(=O)C(N[C@@H](CCc1ccc(C(F)(F)F)nc1)c1cccc(Cl)n1)c1ccccc1. The van der Waals surface area contributed by atoms with E-state index in [2.05, 4.69) is 20.6 Å². The molecule has 3 rings (SSSR count).